The fourth-order valence-electron chi connectivity index (χ4n) is 4.42. The number of hydroxylamine groups is 1. The van der Waals surface area contributed by atoms with Crippen molar-refractivity contribution in [3.05, 3.63) is 83.9 Å². The quantitative estimate of drug-likeness (QED) is 0.241. The molecule has 4 aromatic rings. The van der Waals surface area contributed by atoms with E-state index >= 15 is 0 Å². The van der Waals surface area contributed by atoms with Crippen molar-refractivity contribution >= 4 is 38.6 Å². The summed E-state index contributed by atoms with van der Waals surface area (Å²) in [6, 6.07) is 21.0. The number of rotatable bonds is 8. The van der Waals surface area contributed by atoms with Crippen molar-refractivity contribution < 1.29 is 32.3 Å². The number of nitrogens with one attached hydrogen (secondary N) is 1. The Labute approximate surface area is 231 Å². The molecule has 206 valence electrons. The molecule has 0 spiro atoms. The Bertz CT molecular complexity index is 1560. The highest BCUT2D eigenvalue weighted by atomic mass is 32.1. The number of halogens is 3. The molecular weight excluding hydrogens is 543 g/mol. The van der Waals surface area contributed by atoms with E-state index in [4.69, 9.17) is 4.74 Å². The molecule has 1 N–H and O–H groups in total. The van der Waals surface area contributed by atoms with Crippen LogP contribution in [0, 0.1) is 5.92 Å². The van der Waals surface area contributed by atoms with Crippen LogP contribution in [-0.4, -0.2) is 35.6 Å². The molecule has 1 aromatic heterocycles. The molecule has 2 saturated carbocycles. The Kier molecular flexibility index (Phi) is 6.93. The van der Waals surface area contributed by atoms with E-state index in [1.165, 1.54) is 18.9 Å². The third-order valence-corrected chi connectivity index (χ3v) is 7.80. The minimum atomic E-state index is -5.30. The van der Waals surface area contributed by atoms with Crippen LogP contribution < -0.4 is 15.1 Å². The Morgan fingerprint density at radius 1 is 1.00 bits per heavy atom. The number of hydrogen-bond donors (Lipinski definition) is 1. The Balaban J connectivity index is 1.26. The van der Waals surface area contributed by atoms with E-state index in [-0.39, 0.29) is 16.6 Å². The fraction of sp³-hybridized carbons (Fsp3) is 0.276. The van der Waals surface area contributed by atoms with Crippen LogP contribution in [0.25, 0.3) is 10.2 Å². The van der Waals surface area contributed by atoms with Crippen molar-refractivity contribution in [2.24, 2.45) is 5.92 Å². The average molecular weight is 568 g/mol. The fourth-order valence-corrected chi connectivity index (χ4v) is 5.36. The molecule has 0 aliphatic heterocycles. The van der Waals surface area contributed by atoms with Gasteiger partial charge in [-0.15, -0.1) is 5.06 Å². The average Bonchev–Trinajstić information content (AvgIpc) is 3.87. The van der Waals surface area contributed by atoms with E-state index in [0.717, 1.165) is 35.8 Å². The van der Waals surface area contributed by atoms with Crippen molar-refractivity contribution in [2.45, 2.75) is 37.4 Å². The van der Waals surface area contributed by atoms with Crippen molar-refractivity contribution in [3.8, 4) is 11.5 Å². The maximum Gasteiger partial charge on any atom is 0.493 e. The predicted octanol–water partition coefficient (Wildman–Crippen LogP) is 6.61. The van der Waals surface area contributed by atoms with Gasteiger partial charge in [0.25, 0.3) is 5.91 Å². The molecule has 0 saturated heterocycles. The van der Waals surface area contributed by atoms with Crippen LogP contribution in [0.5, 0.6) is 11.5 Å². The number of ether oxygens (including phenoxy) is 1. The summed E-state index contributed by atoms with van der Waals surface area (Å²) in [5, 5.41) is 3.65. The number of carbonyl (C=O) groups is 2. The van der Waals surface area contributed by atoms with Crippen molar-refractivity contribution in [3.63, 3.8) is 0 Å². The van der Waals surface area contributed by atoms with Crippen LogP contribution in [0.15, 0.2) is 72.8 Å². The highest BCUT2D eigenvalue weighted by Gasteiger charge is 2.44. The Morgan fingerprint density at radius 2 is 1.80 bits per heavy atom. The largest absolute Gasteiger partial charge is 0.493 e. The maximum atomic E-state index is 13.5. The van der Waals surface area contributed by atoms with Gasteiger partial charge in [-0.2, -0.15) is 13.2 Å². The number of aromatic nitrogens is 1. The van der Waals surface area contributed by atoms with Gasteiger partial charge in [0, 0.05) is 23.6 Å². The predicted molar refractivity (Wildman–Crippen MR) is 143 cm³/mol. The summed E-state index contributed by atoms with van der Waals surface area (Å²) in [7, 11) is 0. The summed E-state index contributed by atoms with van der Waals surface area (Å²) in [5.41, 5.74) is 1.39. The molecule has 2 aliphatic carbocycles. The summed E-state index contributed by atoms with van der Waals surface area (Å²) in [6.07, 6.45) is -1.90. The maximum absolute atomic E-state index is 13.5. The highest BCUT2D eigenvalue weighted by molar-refractivity contribution is 7.22. The van der Waals surface area contributed by atoms with Gasteiger partial charge < -0.3 is 14.9 Å². The topological polar surface area (TPSA) is 80.8 Å². The number of para-hydroxylation sites is 1. The normalized spacial score (nSPS) is 18.4. The lowest BCUT2D eigenvalue weighted by molar-refractivity contribution is -0.199. The molecule has 3 aromatic carbocycles. The minimum absolute atomic E-state index is 0.0904. The van der Waals surface area contributed by atoms with E-state index in [1.807, 2.05) is 24.3 Å². The van der Waals surface area contributed by atoms with Crippen LogP contribution >= 0.6 is 11.3 Å². The van der Waals surface area contributed by atoms with Gasteiger partial charge in [-0.05, 0) is 73.7 Å². The summed E-state index contributed by atoms with van der Waals surface area (Å²) in [5.74, 6) is -1.42. The number of alkyl halides is 3. The van der Waals surface area contributed by atoms with Crippen LogP contribution in [0.4, 0.5) is 18.3 Å². The Hall–Kier alpha value is -3.96. The van der Waals surface area contributed by atoms with Crippen molar-refractivity contribution in [1.29, 1.82) is 0 Å². The number of nitrogens with zero attached hydrogens (tertiary/aromatic N) is 2. The first-order chi connectivity index (χ1) is 19.2. The summed E-state index contributed by atoms with van der Waals surface area (Å²) < 4.78 is 45.8. The number of hydrogen-bond acceptors (Lipinski definition) is 7. The summed E-state index contributed by atoms with van der Waals surface area (Å²) in [4.78, 5) is 34.2. The lowest BCUT2D eigenvalue weighted by Gasteiger charge is -2.19. The van der Waals surface area contributed by atoms with Crippen LogP contribution in [0.1, 0.15) is 41.1 Å². The van der Waals surface area contributed by atoms with E-state index < -0.39 is 18.1 Å². The number of fused-ring (bicyclic) bond motifs is 1. The lowest BCUT2D eigenvalue weighted by atomic mass is 10.1. The highest BCUT2D eigenvalue weighted by Crippen LogP contribution is 2.42. The molecule has 2 atom stereocenters. The second-order valence-corrected chi connectivity index (χ2v) is 11.0. The second kappa shape index (κ2) is 10.5. The molecule has 2 unspecified atom stereocenters. The van der Waals surface area contributed by atoms with Crippen LogP contribution in [0.2, 0.25) is 0 Å². The number of anilines is 1. The third kappa shape index (κ3) is 5.95. The van der Waals surface area contributed by atoms with Gasteiger partial charge in [0.1, 0.15) is 11.5 Å². The van der Waals surface area contributed by atoms with Gasteiger partial charge in [0.15, 0.2) is 0 Å². The zero-order valence-corrected chi connectivity index (χ0v) is 21.9. The molecule has 0 bridgehead atoms. The summed E-state index contributed by atoms with van der Waals surface area (Å²) in [6.45, 7) is 0.969. The molecule has 11 heteroatoms. The third-order valence-electron chi connectivity index (χ3n) is 6.81. The Morgan fingerprint density at radius 3 is 2.55 bits per heavy atom. The van der Waals surface area contributed by atoms with Crippen molar-refractivity contribution in [2.75, 3.05) is 11.6 Å². The smallest absolute Gasteiger partial charge is 0.457 e. The van der Waals surface area contributed by atoms with E-state index in [0.29, 0.717) is 32.8 Å². The van der Waals surface area contributed by atoms with Gasteiger partial charge in [0.2, 0.25) is 5.13 Å². The standard InChI is InChI=1S/C29H24F3N3O4S/c30-29(31,32)27(37)39-35(26(36)19-6-4-5-18(13-19)22-15-24(22)33-16-17-9-10-17)28-34-23-12-11-21(14-25(23)40-28)38-20-7-2-1-3-8-20/h1-8,11-14,17,22,24,33H,9-10,15-16H2. The molecule has 6 rings (SSSR count). The minimum Gasteiger partial charge on any atom is -0.457 e. The number of carbonyl (C=O) groups excluding carboxylic acids is 2. The molecule has 0 radical (unpaired) electrons. The number of benzene rings is 3. The number of amides is 1. The van der Waals surface area contributed by atoms with Crippen LogP contribution in [-0.2, 0) is 9.63 Å². The molecule has 7 nitrogen and oxygen atoms in total. The molecular formula is C29H24F3N3O4S. The SMILES string of the molecule is O=C(c1cccc(C2CC2NCC2CC2)c1)N(OC(=O)C(F)(F)F)c1nc2ccc(Oc3ccccc3)cc2s1. The zero-order valence-electron chi connectivity index (χ0n) is 21.1. The van der Waals surface area contributed by atoms with Crippen LogP contribution in [0.3, 0.4) is 0 Å². The number of thiazole rings is 1. The van der Waals surface area contributed by atoms with Crippen molar-refractivity contribution in [1.82, 2.24) is 10.3 Å². The zero-order chi connectivity index (χ0) is 27.9. The summed E-state index contributed by atoms with van der Waals surface area (Å²) >= 11 is 0.904. The van der Waals surface area contributed by atoms with E-state index in [1.54, 1.807) is 42.5 Å². The molecule has 1 amide bonds. The first-order valence-corrected chi connectivity index (χ1v) is 13.7. The second-order valence-electron chi connectivity index (χ2n) is 9.94. The van der Waals surface area contributed by atoms with Gasteiger partial charge in [-0.3, -0.25) is 4.79 Å². The van der Waals surface area contributed by atoms with E-state index in [9.17, 15) is 22.8 Å². The van der Waals surface area contributed by atoms with Gasteiger partial charge in [-0.25, -0.2) is 9.78 Å². The molecule has 40 heavy (non-hydrogen) atoms. The lowest BCUT2D eigenvalue weighted by Crippen LogP contribution is -2.38. The monoisotopic (exact) mass is 567 g/mol. The van der Waals surface area contributed by atoms with Gasteiger partial charge >= 0.3 is 12.1 Å². The first kappa shape index (κ1) is 26.3. The first-order valence-electron chi connectivity index (χ1n) is 12.8. The molecule has 1 heterocycles. The molecule has 2 fully saturated rings. The van der Waals surface area contributed by atoms with Gasteiger partial charge in [0.05, 0.1) is 10.2 Å². The molecule has 2 aliphatic rings. The van der Waals surface area contributed by atoms with E-state index in [2.05, 4.69) is 15.1 Å². The van der Waals surface area contributed by atoms with Gasteiger partial charge in [-0.1, -0.05) is 41.7 Å².